The molecule has 1 aromatic heterocycles. The normalized spacial score (nSPS) is 18.7. The molecule has 144 valence electrons. The van der Waals surface area contributed by atoms with E-state index in [1.165, 1.54) is 0 Å². The molecule has 2 aromatic carbocycles. The molecule has 2 aliphatic heterocycles. The average Bonchev–Trinajstić information content (AvgIpc) is 3.34. The number of carbonyl (C=O) groups is 3. The average molecular weight is 386 g/mol. The highest BCUT2D eigenvalue weighted by atomic mass is 16.2. The van der Waals surface area contributed by atoms with Gasteiger partial charge >= 0.3 is 0 Å². The van der Waals surface area contributed by atoms with Gasteiger partial charge in [0.05, 0.1) is 12.0 Å². The van der Waals surface area contributed by atoms with Crippen LogP contribution in [0.5, 0.6) is 0 Å². The Morgan fingerprint density at radius 2 is 1.86 bits per heavy atom. The van der Waals surface area contributed by atoms with Gasteiger partial charge < -0.3 is 9.47 Å². The summed E-state index contributed by atoms with van der Waals surface area (Å²) in [7, 11) is 0. The minimum atomic E-state index is -0.603. The second-order valence-electron chi connectivity index (χ2n) is 7.27. The van der Waals surface area contributed by atoms with Crippen LogP contribution in [0.3, 0.4) is 0 Å². The molecule has 0 saturated carbocycles. The van der Waals surface area contributed by atoms with Crippen LogP contribution in [0.25, 0.3) is 16.9 Å². The van der Waals surface area contributed by atoms with E-state index in [4.69, 9.17) is 0 Å². The summed E-state index contributed by atoms with van der Waals surface area (Å²) in [5.41, 5.74) is 4.21. The summed E-state index contributed by atoms with van der Waals surface area (Å²) in [4.78, 5) is 42.4. The lowest BCUT2D eigenvalue weighted by Gasteiger charge is -2.29. The lowest BCUT2D eigenvalue weighted by atomic mass is 10.0. The fraction of sp³-hybridized carbons (Fsp3) is 0.182. The van der Waals surface area contributed by atoms with E-state index in [0.29, 0.717) is 18.5 Å². The van der Waals surface area contributed by atoms with E-state index in [-0.39, 0.29) is 18.2 Å². The van der Waals surface area contributed by atoms with Crippen LogP contribution in [-0.4, -0.2) is 38.2 Å². The van der Waals surface area contributed by atoms with Crippen LogP contribution in [0.15, 0.2) is 61.1 Å². The molecule has 7 heteroatoms. The first kappa shape index (κ1) is 17.4. The van der Waals surface area contributed by atoms with Crippen molar-refractivity contribution in [1.82, 2.24) is 19.8 Å². The molecule has 0 spiro atoms. The molecule has 1 unspecified atom stereocenters. The highest BCUT2D eigenvalue weighted by molar-refractivity contribution is 6.05. The van der Waals surface area contributed by atoms with Gasteiger partial charge in [0.15, 0.2) is 0 Å². The van der Waals surface area contributed by atoms with E-state index in [9.17, 15) is 14.4 Å². The maximum absolute atomic E-state index is 12.8. The van der Waals surface area contributed by atoms with Crippen molar-refractivity contribution in [3.63, 3.8) is 0 Å². The first-order chi connectivity index (χ1) is 14.1. The molecule has 1 saturated heterocycles. The van der Waals surface area contributed by atoms with E-state index in [1.807, 2.05) is 53.2 Å². The Morgan fingerprint density at radius 3 is 2.66 bits per heavy atom. The zero-order chi connectivity index (χ0) is 20.0. The molecule has 0 aliphatic carbocycles. The van der Waals surface area contributed by atoms with Gasteiger partial charge in [-0.1, -0.05) is 24.3 Å². The summed E-state index contributed by atoms with van der Waals surface area (Å²) >= 11 is 0. The lowest BCUT2D eigenvalue weighted by Crippen LogP contribution is -2.52. The smallest absolute Gasteiger partial charge is 0.255 e. The third kappa shape index (κ3) is 3.00. The number of aromatic nitrogens is 2. The molecule has 3 amide bonds. The Bertz CT molecular complexity index is 1140. The van der Waals surface area contributed by atoms with Gasteiger partial charge in [0.25, 0.3) is 5.91 Å². The number of rotatable bonds is 3. The summed E-state index contributed by atoms with van der Waals surface area (Å²) in [5, 5.41) is 2.32. The van der Waals surface area contributed by atoms with Crippen LogP contribution in [-0.2, 0) is 16.1 Å². The molecule has 0 radical (unpaired) electrons. The van der Waals surface area contributed by atoms with Gasteiger partial charge in [0.2, 0.25) is 11.8 Å². The number of imidazole rings is 1. The summed E-state index contributed by atoms with van der Waals surface area (Å²) < 4.78 is 1.95. The Labute approximate surface area is 167 Å². The number of hydrogen-bond acceptors (Lipinski definition) is 4. The van der Waals surface area contributed by atoms with Crippen molar-refractivity contribution < 1.29 is 14.4 Å². The summed E-state index contributed by atoms with van der Waals surface area (Å²) in [6.45, 7) is 0.355. The zero-order valence-electron chi connectivity index (χ0n) is 15.5. The van der Waals surface area contributed by atoms with E-state index in [1.54, 1.807) is 17.3 Å². The van der Waals surface area contributed by atoms with Crippen LogP contribution in [0.4, 0.5) is 0 Å². The number of hydrogen-bond donors (Lipinski definition) is 1. The van der Waals surface area contributed by atoms with Gasteiger partial charge in [-0.15, -0.1) is 0 Å². The van der Waals surface area contributed by atoms with Crippen molar-refractivity contribution >= 4 is 17.7 Å². The van der Waals surface area contributed by atoms with Gasteiger partial charge in [-0.2, -0.15) is 0 Å². The van der Waals surface area contributed by atoms with Crippen LogP contribution in [0, 0.1) is 0 Å². The van der Waals surface area contributed by atoms with Crippen molar-refractivity contribution in [2.75, 3.05) is 0 Å². The predicted molar refractivity (Wildman–Crippen MR) is 105 cm³/mol. The molecule has 0 bridgehead atoms. The molecule has 3 aromatic rings. The second-order valence-corrected chi connectivity index (χ2v) is 7.27. The van der Waals surface area contributed by atoms with Crippen LogP contribution in [0.1, 0.15) is 28.8 Å². The third-order valence-electron chi connectivity index (χ3n) is 5.46. The zero-order valence-corrected chi connectivity index (χ0v) is 15.5. The molecule has 2 aliphatic rings. The highest BCUT2D eigenvalue weighted by Crippen LogP contribution is 2.31. The number of carbonyl (C=O) groups excluding carboxylic acids is 3. The minimum Gasteiger partial charge on any atom is -0.322 e. The quantitative estimate of drug-likeness (QED) is 0.700. The van der Waals surface area contributed by atoms with Gasteiger partial charge in [-0.3, -0.25) is 19.7 Å². The standard InChI is InChI=1S/C22H18N4O3/c27-20-9-8-19(21(28)24-20)26-11-15-10-14(6-7-17(15)22(26)29)18-12-25(13-23-18)16-4-2-1-3-5-16/h1-7,10,12-13,19H,8-9,11H2,(H,24,27,28). The molecular weight excluding hydrogens is 368 g/mol. The van der Waals surface area contributed by atoms with Crippen molar-refractivity contribution in [3.05, 3.63) is 72.2 Å². The number of piperidine rings is 1. The van der Waals surface area contributed by atoms with Crippen molar-refractivity contribution in [3.8, 4) is 16.9 Å². The highest BCUT2D eigenvalue weighted by Gasteiger charge is 2.39. The lowest BCUT2D eigenvalue weighted by molar-refractivity contribution is -0.136. The van der Waals surface area contributed by atoms with E-state index in [2.05, 4.69) is 10.3 Å². The number of para-hydroxylation sites is 1. The number of fused-ring (bicyclic) bond motifs is 1. The predicted octanol–water partition coefficient (Wildman–Crippen LogP) is 2.30. The topological polar surface area (TPSA) is 84.3 Å². The van der Waals surface area contributed by atoms with E-state index >= 15 is 0 Å². The number of imide groups is 1. The van der Waals surface area contributed by atoms with Crippen LogP contribution in [0.2, 0.25) is 0 Å². The minimum absolute atomic E-state index is 0.170. The first-order valence-electron chi connectivity index (χ1n) is 9.47. The fourth-order valence-electron chi connectivity index (χ4n) is 3.95. The maximum Gasteiger partial charge on any atom is 0.255 e. The second kappa shape index (κ2) is 6.70. The fourth-order valence-corrected chi connectivity index (χ4v) is 3.95. The molecule has 1 atom stereocenters. The molecular formula is C22H18N4O3. The summed E-state index contributed by atoms with van der Waals surface area (Å²) in [6.07, 6.45) is 4.32. The number of nitrogens with zero attached hydrogens (tertiary/aromatic N) is 3. The maximum atomic E-state index is 12.8. The van der Waals surface area contributed by atoms with Gasteiger partial charge in [-0.25, -0.2) is 4.98 Å². The Morgan fingerprint density at radius 1 is 1.03 bits per heavy atom. The molecule has 5 rings (SSSR count). The Kier molecular flexibility index (Phi) is 4.01. The largest absolute Gasteiger partial charge is 0.322 e. The van der Waals surface area contributed by atoms with E-state index < -0.39 is 11.9 Å². The van der Waals surface area contributed by atoms with Crippen molar-refractivity contribution in [2.24, 2.45) is 0 Å². The molecule has 29 heavy (non-hydrogen) atoms. The van der Waals surface area contributed by atoms with Crippen LogP contribution >= 0.6 is 0 Å². The third-order valence-corrected chi connectivity index (χ3v) is 5.46. The first-order valence-corrected chi connectivity index (χ1v) is 9.47. The molecule has 1 fully saturated rings. The molecule has 7 nitrogen and oxygen atoms in total. The summed E-state index contributed by atoms with van der Waals surface area (Å²) in [6, 6.07) is 14.9. The summed E-state index contributed by atoms with van der Waals surface area (Å²) in [5.74, 6) is -0.855. The Balaban J connectivity index is 1.41. The van der Waals surface area contributed by atoms with Gasteiger partial charge in [0.1, 0.15) is 6.04 Å². The number of nitrogens with one attached hydrogen (secondary N) is 1. The van der Waals surface area contributed by atoms with Gasteiger partial charge in [-0.05, 0) is 36.2 Å². The monoisotopic (exact) mass is 386 g/mol. The Hall–Kier alpha value is -3.74. The SMILES string of the molecule is O=C1CCC(N2Cc3cc(-c4cn(-c5ccccc5)cn4)ccc3C2=O)C(=O)N1. The van der Waals surface area contributed by atoms with E-state index in [0.717, 1.165) is 22.5 Å². The number of benzene rings is 2. The number of amides is 3. The van der Waals surface area contributed by atoms with Crippen molar-refractivity contribution in [1.29, 1.82) is 0 Å². The van der Waals surface area contributed by atoms with Crippen LogP contribution < -0.4 is 5.32 Å². The van der Waals surface area contributed by atoms with Crippen molar-refractivity contribution in [2.45, 2.75) is 25.4 Å². The van der Waals surface area contributed by atoms with Gasteiger partial charge in [0, 0.05) is 36.0 Å². The molecule has 1 N–H and O–H groups in total. The molecule has 3 heterocycles.